The first-order valence-electron chi connectivity index (χ1n) is 9.07. The Morgan fingerprint density at radius 3 is 2.75 bits per heavy atom. The zero-order valence-corrected chi connectivity index (χ0v) is 16.2. The van der Waals surface area contributed by atoms with Gasteiger partial charge in [-0.05, 0) is 24.5 Å². The van der Waals surface area contributed by atoms with E-state index in [1.165, 1.54) is 18.1 Å². The highest BCUT2D eigenvalue weighted by atomic mass is 16.5. The number of allylic oxidation sites excluding steroid dienone is 1. The second kappa shape index (κ2) is 10.1. The van der Waals surface area contributed by atoms with Gasteiger partial charge in [-0.25, -0.2) is 4.79 Å². The smallest absolute Gasteiger partial charge is 0.354 e. The first-order chi connectivity index (χ1) is 13.5. The summed E-state index contributed by atoms with van der Waals surface area (Å²) in [5, 5.41) is 16.0. The van der Waals surface area contributed by atoms with Gasteiger partial charge in [-0.3, -0.25) is 9.59 Å². The van der Waals surface area contributed by atoms with Crippen molar-refractivity contribution in [3.63, 3.8) is 0 Å². The van der Waals surface area contributed by atoms with Gasteiger partial charge in [0.05, 0.1) is 7.11 Å². The van der Waals surface area contributed by atoms with Crippen LogP contribution < -0.4 is 5.32 Å². The third kappa shape index (κ3) is 5.12. The second-order valence-corrected chi connectivity index (χ2v) is 6.00. The first kappa shape index (κ1) is 21.0. The molecule has 1 aliphatic heterocycles. The highest BCUT2D eigenvalue weighted by molar-refractivity contribution is 6.07. The Hall–Kier alpha value is -3.30. The average molecular weight is 388 g/mol. The first-order valence-corrected chi connectivity index (χ1v) is 9.07. The molecule has 0 unspecified atom stereocenters. The molecule has 0 aromatic carbocycles. The van der Waals surface area contributed by atoms with Crippen LogP contribution >= 0.6 is 0 Å². The molecule has 150 valence electrons. The van der Waals surface area contributed by atoms with Crippen LogP contribution in [-0.2, 0) is 19.1 Å². The molecule has 0 fully saturated rings. The van der Waals surface area contributed by atoms with E-state index in [0.717, 1.165) is 6.42 Å². The van der Waals surface area contributed by atoms with Gasteiger partial charge in [0.2, 0.25) is 0 Å². The van der Waals surface area contributed by atoms with Crippen molar-refractivity contribution in [2.75, 3.05) is 13.7 Å². The van der Waals surface area contributed by atoms with E-state index in [4.69, 9.17) is 4.74 Å². The van der Waals surface area contributed by atoms with Crippen molar-refractivity contribution in [1.29, 1.82) is 0 Å². The summed E-state index contributed by atoms with van der Waals surface area (Å²) in [5.74, 6) is -1.43. The Kier molecular flexibility index (Phi) is 7.61. The molecule has 2 heterocycles. The molecule has 0 bridgehead atoms. The molecule has 2 rings (SSSR count). The van der Waals surface area contributed by atoms with Crippen molar-refractivity contribution >= 4 is 23.9 Å². The summed E-state index contributed by atoms with van der Waals surface area (Å²) in [6.07, 6.45) is 7.34. The Labute approximate surface area is 162 Å². The number of carbonyl (C=O) groups excluding carboxylic acids is 3. The normalized spacial score (nSPS) is 14.7. The Morgan fingerprint density at radius 1 is 1.36 bits per heavy atom. The van der Waals surface area contributed by atoms with Crippen molar-refractivity contribution in [2.24, 2.45) is 0 Å². The van der Waals surface area contributed by atoms with Gasteiger partial charge in [0.15, 0.2) is 5.82 Å². The topological polar surface area (TPSA) is 130 Å². The molecule has 1 aliphatic rings. The summed E-state index contributed by atoms with van der Waals surface area (Å²) in [7, 11) is 1.24. The van der Waals surface area contributed by atoms with Crippen LogP contribution in [0.4, 0.5) is 0 Å². The van der Waals surface area contributed by atoms with E-state index < -0.39 is 11.9 Å². The zero-order valence-electron chi connectivity index (χ0n) is 16.2. The maximum atomic E-state index is 13.1. The number of nitrogens with zero attached hydrogens (tertiary/aromatic N) is 4. The number of amides is 2. The van der Waals surface area contributed by atoms with Gasteiger partial charge < -0.3 is 15.0 Å². The van der Waals surface area contributed by atoms with Crippen LogP contribution in [0.5, 0.6) is 0 Å². The lowest BCUT2D eigenvalue weighted by molar-refractivity contribution is -0.140. The maximum Gasteiger partial charge on any atom is 0.354 e. The SMILES string of the molecule is CC/C=C(\CCC)C(=O)N/C(=C\c1nn[nH]n1)C(=O)N1CCC=C1C(=O)OC. The van der Waals surface area contributed by atoms with Crippen molar-refractivity contribution in [3.8, 4) is 0 Å². The van der Waals surface area contributed by atoms with Gasteiger partial charge in [0, 0.05) is 18.2 Å². The Balaban J connectivity index is 2.31. The number of H-pyrrole nitrogens is 1. The number of aromatic nitrogens is 4. The molecular weight excluding hydrogens is 364 g/mol. The van der Waals surface area contributed by atoms with Crippen LogP contribution in [0.2, 0.25) is 0 Å². The fourth-order valence-electron chi connectivity index (χ4n) is 2.75. The van der Waals surface area contributed by atoms with Crippen LogP contribution in [0, 0.1) is 0 Å². The largest absolute Gasteiger partial charge is 0.464 e. The number of rotatable bonds is 8. The minimum atomic E-state index is -0.617. The molecule has 2 N–H and O–H groups in total. The molecule has 2 amide bonds. The maximum absolute atomic E-state index is 13.1. The number of ether oxygens (including phenoxy) is 1. The minimum Gasteiger partial charge on any atom is -0.464 e. The molecule has 28 heavy (non-hydrogen) atoms. The summed E-state index contributed by atoms with van der Waals surface area (Å²) in [6, 6.07) is 0. The summed E-state index contributed by atoms with van der Waals surface area (Å²) >= 11 is 0. The second-order valence-electron chi connectivity index (χ2n) is 6.00. The van der Waals surface area contributed by atoms with Crippen LogP contribution in [0.1, 0.15) is 45.4 Å². The number of methoxy groups -OCH3 is 1. The lowest BCUT2D eigenvalue weighted by atomic mass is 10.1. The van der Waals surface area contributed by atoms with Crippen LogP contribution in [-0.4, -0.2) is 57.0 Å². The quantitative estimate of drug-likeness (QED) is 0.503. The molecule has 1 aromatic heterocycles. The number of nitrogens with one attached hydrogen (secondary N) is 2. The van der Waals surface area contributed by atoms with E-state index in [0.29, 0.717) is 31.4 Å². The Morgan fingerprint density at radius 2 is 2.14 bits per heavy atom. The van der Waals surface area contributed by atoms with Gasteiger partial charge in [-0.15, -0.1) is 10.2 Å². The van der Waals surface area contributed by atoms with Gasteiger partial charge in [-0.2, -0.15) is 5.21 Å². The summed E-state index contributed by atoms with van der Waals surface area (Å²) < 4.78 is 4.73. The number of hydrogen-bond donors (Lipinski definition) is 2. The lowest BCUT2D eigenvalue weighted by Gasteiger charge is -2.21. The number of esters is 1. The van der Waals surface area contributed by atoms with Gasteiger partial charge in [-0.1, -0.05) is 32.4 Å². The number of aromatic amines is 1. The molecule has 0 radical (unpaired) electrons. The molecule has 10 heteroatoms. The van der Waals surface area contributed by atoms with E-state index in [1.807, 2.05) is 19.9 Å². The molecule has 0 atom stereocenters. The average Bonchev–Trinajstić information content (AvgIpc) is 3.38. The fourth-order valence-corrected chi connectivity index (χ4v) is 2.75. The highest BCUT2D eigenvalue weighted by Gasteiger charge is 2.30. The standard InChI is InChI=1S/C18H24N6O4/c1-4-7-12(8-5-2)16(25)19-13(11-15-20-22-23-21-15)17(26)24-10-6-9-14(24)18(27)28-3/h7,9,11H,4-6,8,10H2,1-3H3,(H,19,25)(H,20,21,22,23)/b12-7+,13-11-. The Bertz CT molecular complexity index is 810. The van der Waals surface area contributed by atoms with Crippen molar-refractivity contribution in [3.05, 3.63) is 34.9 Å². The van der Waals surface area contributed by atoms with E-state index >= 15 is 0 Å². The molecule has 0 aliphatic carbocycles. The third-order valence-corrected chi connectivity index (χ3v) is 4.00. The molecule has 0 spiro atoms. The zero-order chi connectivity index (χ0) is 20.5. The summed E-state index contributed by atoms with van der Waals surface area (Å²) in [4.78, 5) is 39.0. The van der Waals surface area contributed by atoms with Gasteiger partial charge in [0.1, 0.15) is 11.4 Å². The minimum absolute atomic E-state index is 0.0544. The van der Waals surface area contributed by atoms with Crippen molar-refractivity contribution in [1.82, 2.24) is 30.8 Å². The highest BCUT2D eigenvalue weighted by Crippen LogP contribution is 2.19. The number of tetrazole rings is 1. The summed E-state index contributed by atoms with van der Waals surface area (Å²) in [6.45, 7) is 4.20. The van der Waals surface area contributed by atoms with Crippen molar-refractivity contribution < 1.29 is 19.1 Å². The van der Waals surface area contributed by atoms with E-state index in [-0.39, 0.29) is 23.1 Å². The molecule has 1 aromatic rings. The molecular formula is C18H24N6O4. The van der Waals surface area contributed by atoms with Crippen molar-refractivity contribution in [2.45, 2.75) is 39.5 Å². The fraction of sp³-hybridized carbons (Fsp3) is 0.444. The van der Waals surface area contributed by atoms with E-state index in [2.05, 4.69) is 25.9 Å². The molecule has 0 saturated carbocycles. The van der Waals surface area contributed by atoms with Gasteiger partial charge in [0.25, 0.3) is 11.8 Å². The summed E-state index contributed by atoms with van der Waals surface area (Å²) in [5.41, 5.74) is 0.668. The van der Waals surface area contributed by atoms with Gasteiger partial charge >= 0.3 is 5.97 Å². The van der Waals surface area contributed by atoms with E-state index in [9.17, 15) is 14.4 Å². The van der Waals surface area contributed by atoms with Crippen LogP contribution in [0.25, 0.3) is 6.08 Å². The predicted molar refractivity (Wildman–Crippen MR) is 100 cm³/mol. The number of hydrogen-bond acceptors (Lipinski definition) is 7. The monoisotopic (exact) mass is 388 g/mol. The van der Waals surface area contributed by atoms with Crippen LogP contribution in [0.3, 0.4) is 0 Å². The number of carbonyl (C=O) groups is 3. The third-order valence-electron chi connectivity index (χ3n) is 4.00. The molecule has 10 nitrogen and oxygen atoms in total. The van der Waals surface area contributed by atoms with Crippen LogP contribution in [0.15, 0.2) is 29.1 Å². The molecule has 0 saturated heterocycles. The predicted octanol–water partition coefficient (Wildman–Crippen LogP) is 1.08. The lowest BCUT2D eigenvalue weighted by Crippen LogP contribution is -2.39. The van der Waals surface area contributed by atoms with E-state index in [1.54, 1.807) is 6.08 Å².